The number of esters is 2. The monoisotopic (exact) mass is 314 g/mol. The predicted molar refractivity (Wildman–Crippen MR) is 66.0 cm³/mol. The number of hydrogen-bond acceptors (Lipinski definition) is 5. The maximum atomic E-state index is 12.0. The summed E-state index contributed by atoms with van der Waals surface area (Å²) >= 11 is 3.23. The van der Waals surface area contributed by atoms with Gasteiger partial charge in [-0.05, 0) is 12.1 Å². The number of rotatable bonds is 4. The normalized spacial score (nSPS) is 11.5. The van der Waals surface area contributed by atoms with Crippen LogP contribution in [0.5, 0.6) is 0 Å². The lowest BCUT2D eigenvalue weighted by Gasteiger charge is -2.13. The molecule has 0 saturated heterocycles. The lowest BCUT2D eigenvalue weighted by Crippen LogP contribution is -2.35. The number of methoxy groups -OCH3 is 1. The van der Waals surface area contributed by atoms with Crippen molar-refractivity contribution in [2.45, 2.75) is 13.0 Å². The van der Waals surface area contributed by atoms with Crippen LogP contribution < -0.4 is 0 Å². The quantitative estimate of drug-likeness (QED) is 0.481. The summed E-state index contributed by atoms with van der Waals surface area (Å²) in [4.78, 5) is 34.3. The summed E-state index contributed by atoms with van der Waals surface area (Å²) in [5.41, 5.74) is 0.259. The topological polar surface area (TPSA) is 69.7 Å². The van der Waals surface area contributed by atoms with Crippen LogP contribution in [-0.2, 0) is 19.1 Å². The van der Waals surface area contributed by atoms with Gasteiger partial charge in [0.25, 0.3) is 6.10 Å². The smallest absolute Gasteiger partial charge is 0.355 e. The van der Waals surface area contributed by atoms with E-state index in [1.54, 1.807) is 12.1 Å². The molecular formula is C12H11BrO5. The van der Waals surface area contributed by atoms with Gasteiger partial charge in [0.05, 0.1) is 7.11 Å². The van der Waals surface area contributed by atoms with E-state index < -0.39 is 23.8 Å². The van der Waals surface area contributed by atoms with Gasteiger partial charge in [0.15, 0.2) is 0 Å². The van der Waals surface area contributed by atoms with Crippen molar-refractivity contribution in [2.75, 3.05) is 7.11 Å². The lowest BCUT2D eigenvalue weighted by molar-refractivity contribution is -0.161. The zero-order valence-corrected chi connectivity index (χ0v) is 11.4. The molecule has 1 atom stereocenters. The van der Waals surface area contributed by atoms with Crippen LogP contribution in [0, 0.1) is 0 Å². The van der Waals surface area contributed by atoms with Crippen molar-refractivity contribution in [3.05, 3.63) is 34.3 Å². The summed E-state index contributed by atoms with van der Waals surface area (Å²) in [6, 6.07) is 6.34. The molecule has 0 aliphatic carbocycles. The van der Waals surface area contributed by atoms with Crippen molar-refractivity contribution < 1.29 is 23.9 Å². The minimum absolute atomic E-state index is 0.259. The highest BCUT2D eigenvalue weighted by atomic mass is 79.9. The fourth-order valence-corrected chi connectivity index (χ4v) is 1.51. The molecule has 0 fully saturated rings. The van der Waals surface area contributed by atoms with E-state index in [1.807, 2.05) is 0 Å². The molecule has 0 radical (unpaired) electrons. The Labute approximate surface area is 112 Å². The molecular weight excluding hydrogens is 304 g/mol. The van der Waals surface area contributed by atoms with Gasteiger partial charge in [-0.1, -0.05) is 28.1 Å². The number of carbonyl (C=O) groups excluding carboxylic acids is 3. The van der Waals surface area contributed by atoms with Gasteiger partial charge >= 0.3 is 11.9 Å². The van der Waals surface area contributed by atoms with Crippen molar-refractivity contribution in [3.8, 4) is 0 Å². The Morgan fingerprint density at radius 3 is 2.17 bits per heavy atom. The minimum atomic E-state index is -1.56. The Kier molecular flexibility index (Phi) is 5.03. The number of benzene rings is 1. The van der Waals surface area contributed by atoms with Crippen molar-refractivity contribution >= 4 is 33.7 Å². The average molecular weight is 315 g/mol. The van der Waals surface area contributed by atoms with Gasteiger partial charge in [0, 0.05) is 17.0 Å². The maximum absolute atomic E-state index is 12.0. The first kappa shape index (κ1) is 14.4. The molecule has 1 aromatic rings. The third-order valence-electron chi connectivity index (χ3n) is 2.07. The fraction of sp³-hybridized carbons (Fsp3) is 0.250. The van der Waals surface area contributed by atoms with Crippen LogP contribution in [0.2, 0.25) is 0 Å². The number of ether oxygens (including phenoxy) is 2. The number of halogens is 1. The van der Waals surface area contributed by atoms with E-state index in [2.05, 4.69) is 25.4 Å². The van der Waals surface area contributed by atoms with Gasteiger partial charge < -0.3 is 9.47 Å². The van der Waals surface area contributed by atoms with Crippen molar-refractivity contribution in [3.63, 3.8) is 0 Å². The molecule has 0 saturated carbocycles. The van der Waals surface area contributed by atoms with Crippen LogP contribution in [0.3, 0.4) is 0 Å². The molecule has 1 unspecified atom stereocenters. The summed E-state index contributed by atoms with van der Waals surface area (Å²) in [7, 11) is 1.12. The van der Waals surface area contributed by atoms with E-state index in [0.29, 0.717) is 0 Å². The highest BCUT2D eigenvalue weighted by Crippen LogP contribution is 2.13. The average Bonchev–Trinajstić information content (AvgIpc) is 2.35. The molecule has 18 heavy (non-hydrogen) atoms. The third kappa shape index (κ3) is 3.66. The van der Waals surface area contributed by atoms with E-state index >= 15 is 0 Å². The van der Waals surface area contributed by atoms with Gasteiger partial charge in [-0.2, -0.15) is 0 Å². The van der Waals surface area contributed by atoms with Crippen LogP contribution in [0.25, 0.3) is 0 Å². The molecule has 0 aromatic heterocycles. The molecule has 0 bridgehead atoms. The second-order valence-electron chi connectivity index (χ2n) is 3.38. The van der Waals surface area contributed by atoms with Gasteiger partial charge in [-0.25, -0.2) is 4.79 Å². The van der Waals surface area contributed by atoms with Crippen molar-refractivity contribution in [1.29, 1.82) is 0 Å². The van der Waals surface area contributed by atoms with Crippen LogP contribution in [0.4, 0.5) is 0 Å². The fourth-order valence-electron chi connectivity index (χ4n) is 1.25. The standard InChI is InChI=1S/C12H11BrO5/c1-7(14)18-11(12(16)17-2)10(15)8-3-5-9(13)6-4-8/h3-6,11H,1-2H3. The zero-order valence-electron chi connectivity index (χ0n) is 9.81. The van der Waals surface area contributed by atoms with E-state index in [9.17, 15) is 14.4 Å². The molecule has 1 rings (SSSR count). The second-order valence-corrected chi connectivity index (χ2v) is 4.30. The summed E-state index contributed by atoms with van der Waals surface area (Å²) < 4.78 is 9.90. The molecule has 6 heteroatoms. The lowest BCUT2D eigenvalue weighted by atomic mass is 10.1. The first-order valence-electron chi connectivity index (χ1n) is 5.00. The van der Waals surface area contributed by atoms with E-state index in [4.69, 9.17) is 0 Å². The van der Waals surface area contributed by atoms with Gasteiger partial charge in [-0.3, -0.25) is 9.59 Å². The van der Waals surface area contributed by atoms with Crippen molar-refractivity contribution in [2.24, 2.45) is 0 Å². The molecule has 96 valence electrons. The Hall–Kier alpha value is -1.69. The Balaban J connectivity index is 2.98. The second kappa shape index (κ2) is 6.30. The molecule has 0 N–H and O–H groups in total. The van der Waals surface area contributed by atoms with Crippen LogP contribution in [0.15, 0.2) is 28.7 Å². The van der Waals surface area contributed by atoms with Gasteiger partial charge in [-0.15, -0.1) is 0 Å². The SMILES string of the molecule is COC(=O)C(OC(C)=O)C(=O)c1ccc(Br)cc1. The Morgan fingerprint density at radius 2 is 1.72 bits per heavy atom. The number of Topliss-reactive ketones (excluding diaryl/α,β-unsaturated/α-hetero) is 1. The summed E-state index contributed by atoms with van der Waals surface area (Å²) in [5, 5.41) is 0. The molecule has 0 heterocycles. The molecule has 1 aromatic carbocycles. The van der Waals surface area contributed by atoms with Gasteiger partial charge in [0.2, 0.25) is 5.78 Å². The highest BCUT2D eigenvalue weighted by molar-refractivity contribution is 9.10. The Morgan fingerprint density at radius 1 is 1.17 bits per heavy atom. The van der Waals surface area contributed by atoms with Crippen LogP contribution in [0.1, 0.15) is 17.3 Å². The number of hydrogen-bond donors (Lipinski definition) is 0. The summed E-state index contributed by atoms with van der Waals surface area (Å²) in [6.45, 7) is 1.12. The van der Waals surface area contributed by atoms with E-state index in [-0.39, 0.29) is 5.56 Å². The zero-order chi connectivity index (χ0) is 13.7. The van der Waals surface area contributed by atoms with Gasteiger partial charge in [0.1, 0.15) is 0 Å². The number of carbonyl (C=O) groups is 3. The molecule has 0 aliphatic heterocycles. The third-order valence-corrected chi connectivity index (χ3v) is 2.59. The minimum Gasteiger partial charge on any atom is -0.466 e. The molecule has 0 spiro atoms. The molecule has 0 aliphatic rings. The molecule has 5 nitrogen and oxygen atoms in total. The van der Waals surface area contributed by atoms with E-state index in [1.165, 1.54) is 12.1 Å². The largest absolute Gasteiger partial charge is 0.466 e. The number of ketones is 1. The molecule has 0 amide bonds. The summed E-state index contributed by atoms with van der Waals surface area (Å²) in [6.07, 6.45) is -1.56. The Bertz CT molecular complexity index is 466. The maximum Gasteiger partial charge on any atom is 0.355 e. The van der Waals surface area contributed by atoms with Crippen molar-refractivity contribution in [1.82, 2.24) is 0 Å². The first-order valence-corrected chi connectivity index (χ1v) is 5.80. The van der Waals surface area contributed by atoms with Crippen LogP contribution >= 0.6 is 15.9 Å². The van der Waals surface area contributed by atoms with Crippen LogP contribution in [-0.4, -0.2) is 30.9 Å². The predicted octanol–water partition coefficient (Wildman–Crippen LogP) is 1.74. The highest BCUT2D eigenvalue weighted by Gasteiger charge is 2.31. The van der Waals surface area contributed by atoms with E-state index in [0.717, 1.165) is 18.5 Å². The first-order chi connectivity index (χ1) is 8.45. The summed E-state index contributed by atoms with van der Waals surface area (Å²) in [5.74, 6) is -2.25.